The highest BCUT2D eigenvalue weighted by Crippen LogP contribution is 2.01. The molecule has 1 aliphatic rings. The fourth-order valence-corrected chi connectivity index (χ4v) is 2.26. The summed E-state index contributed by atoms with van der Waals surface area (Å²) in [5.41, 5.74) is 0. The smallest absolute Gasteiger partial charge is 0.236 e. The number of nitrogens with one attached hydrogen (secondary N) is 1. The van der Waals surface area contributed by atoms with Crippen LogP contribution in [0.15, 0.2) is 0 Å². The van der Waals surface area contributed by atoms with Crippen molar-refractivity contribution in [1.29, 1.82) is 0 Å². The van der Waals surface area contributed by atoms with Crippen LogP contribution in [0.25, 0.3) is 0 Å². The lowest BCUT2D eigenvalue weighted by atomic mass is 10.3. The zero-order valence-corrected chi connectivity index (χ0v) is 12.2. The average Bonchev–Trinajstić information content (AvgIpc) is 2.87. The zero-order valence-electron chi connectivity index (χ0n) is 12.2. The zero-order chi connectivity index (χ0) is 14.4. The molecular formula is C12H23N7O. The number of hydrogen-bond acceptors (Lipinski definition) is 6. The van der Waals surface area contributed by atoms with Gasteiger partial charge in [0, 0.05) is 32.7 Å². The van der Waals surface area contributed by atoms with Crippen LogP contribution in [0.2, 0.25) is 0 Å². The normalized spacial score (nSPS) is 15.8. The number of rotatable bonds is 6. The number of tetrazole rings is 1. The number of amides is 1. The van der Waals surface area contributed by atoms with Crippen LogP contribution in [0, 0.1) is 0 Å². The highest BCUT2D eigenvalue weighted by atomic mass is 16.2. The summed E-state index contributed by atoms with van der Waals surface area (Å²) in [6, 6.07) is 0. The summed E-state index contributed by atoms with van der Waals surface area (Å²) in [5, 5.41) is 14.9. The Balaban J connectivity index is 1.83. The SMILES string of the molecule is CCCn1nnnc1CN(C)CC(=O)N1CCNCC1. The van der Waals surface area contributed by atoms with Crippen LogP contribution >= 0.6 is 0 Å². The first-order chi connectivity index (χ1) is 9.70. The molecule has 1 aromatic rings. The second-order valence-corrected chi connectivity index (χ2v) is 5.12. The van der Waals surface area contributed by atoms with E-state index in [0.717, 1.165) is 45.0 Å². The van der Waals surface area contributed by atoms with E-state index in [4.69, 9.17) is 0 Å². The Morgan fingerprint density at radius 1 is 1.40 bits per heavy atom. The summed E-state index contributed by atoms with van der Waals surface area (Å²) in [7, 11) is 1.92. The van der Waals surface area contributed by atoms with Gasteiger partial charge in [-0.05, 0) is 23.9 Å². The Kier molecular flexibility index (Phi) is 5.42. The molecule has 1 fully saturated rings. The third-order valence-corrected chi connectivity index (χ3v) is 3.33. The summed E-state index contributed by atoms with van der Waals surface area (Å²) in [6.45, 7) is 7.23. The summed E-state index contributed by atoms with van der Waals surface area (Å²) in [6.07, 6.45) is 0.988. The number of aromatic nitrogens is 4. The molecule has 0 aliphatic carbocycles. The topological polar surface area (TPSA) is 79.2 Å². The van der Waals surface area contributed by atoms with E-state index < -0.39 is 0 Å². The van der Waals surface area contributed by atoms with E-state index in [2.05, 4.69) is 27.8 Å². The van der Waals surface area contributed by atoms with Crippen molar-refractivity contribution in [1.82, 2.24) is 35.3 Å². The number of carbonyl (C=O) groups is 1. The molecule has 1 amide bonds. The van der Waals surface area contributed by atoms with E-state index in [9.17, 15) is 4.79 Å². The molecule has 20 heavy (non-hydrogen) atoms. The molecule has 2 heterocycles. The molecule has 0 unspecified atom stereocenters. The summed E-state index contributed by atoms with van der Waals surface area (Å²) < 4.78 is 1.80. The van der Waals surface area contributed by atoms with Crippen molar-refractivity contribution in [3.8, 4) is 0 Å². The van der Waals surface area contributed by atoms with Gasteiger partial charge < -0.3 is 10.2 Å². The summed E-state index contributed by atoms with van der Waals surface area (Å²) >= 11 is 0. The minimum atomic E-state index is 0.170. The summed E-state index contributed by atoms with van der Waals surface area (Å²) in [4.78, 5) is 16.0. The van der Waals surface area contributed by atoms with Gasteiger partial charge in [0.1, 0.15) is 0 Å². The Labute approximate surface area is 119 Å². The number of nitrogens with zero attached hydrogens (tertiary/aromatic N) is 6. The van der Waals surface area contributed by atoms with E-state index in [1.165, 1.54) is 0 Å². The molecule has 0 radical (unpaired) electrons. The average molecular weight is 281 g/mol. The number of aryl methyl sites for hydroxylation is 1. The van der Waals surface area contributed by atoms with Gasteiger partial charge in [-0.15, -0.1) is 5.10 Å². The third kappa shape index (κ3) is 3.97. The van der Waals surface area contributed by atoms with Crippen LogP contribution in [0.4, 0.5) is 0 Å². The molecule has 1 aliphatic heterocycles. The van der Waals surface area contributed by atoms with Crippen LogP contribution in [-0.4, -0.2) is 75.7 Å². The molecule has 1 aromatic heterocycles. The van der Waals surface area contributed by atoms with E-state index >= 15 is 0 Å². The third-order valence-electron chi connectivity index (χ3n) is 3.33. The molecule has 2 rings (SSSR count). The lowest BCUT2D eigenvalue weighted by Crippen LogP contribution is -2.49. The van der Waals surface area contributed by atoms with E-state index in [0.29, 0.717) is 13.1 Å². The molecule has 8 heteroatoms. The number of likely N-dealkylation sites (N-methyl/N-ethyl adjacent to an activating group) is 1. The minimum absolute atomic E-state index is 0.170. The van der Waals surface area contributed by atoms with Crippen LogP contribution < -0.4 is 5.32 Å². The first kappa shape index (κ1) is 14.9. The first-order valence-electron chi connectivity index (χ1n) is 7.12. The van der Waals surface area contributed by atoms with Crippen molar-refractivity contribution >= 4 is 5.91 Å². The van der Waals surface area contributed by atoms with Gasteiger partial charge in [0.05, 0.1) is 13.1 Å². The van der Waals surface area contributed by atoms with Crippen molar-refractivity contribution in [2.24, 2.45) is 0 Å². The minimum Gasteiger partial charge on any atom is -0.339 e. The highest BCUT2D eigenvalue weighted by Gasteiger charge is 2.18. The largest absolute Gasteiger partial charge is 0.339 e. The second-order valence-electron chi connectivity index (χ2n) is 5.12. The van der Waals surface area contributed by atoms with Crippen molar-refractivity contribution in [2.45, 2.75) is 26.4 Å². The first-order valence-corrected chi connectivity index (χ1v) is 7.12. The lowest BCUT2D eigenvalue weighted by molar-refractivity contribution is -0.132. The van der Waals surface area contributed by atoms with Gasteiger partial charge in [-0.2, -0.15) is 0 Å². The fraction of sp³-hybridized carbons (Fsp3) is 0.833. The quantitative estimate of drug-likeness (QED) is 0.716. The van der Waals surface area contributed by atoms with Crippen molar-refractivity contribution in [3.63, 3.8) is 0 Å². The van der Waals surface area contributed by atoms with Crippen LogP contribution in [0.1, 0.15) is 19.2 Å². The molecule has 8 nitrogen and oxygen atoms in total. The standard InChI is InChI=1S/C12H23N7O/c1-3-6-19-11(14-15-16-19)9-17(2)10-12(20)18-7-4-13-5-8-18/h13H,3-10H2,1-2H3. The maximum absolute atomic E-state index is 12.1. The molecule has 0 aromatic carbocycles. The molecule has 0 atom stereocenters. The molecular weight excluding hydrogens is 258 g/mol. The second kappa shape index (κ2) is 7.30. The Bertz CT molecular complexity index is 427. The van der Waals surface area contributed by atoms with E-state index in [-0.39, 0.29) is 5.91 Å². The van der Waals surface area contributed by atoms with Crippen LogP contribution in [-0.2, 0) is 17.9 Å². The molecule has 0 spiro atoms. The molecule has 1 N–H and O–H groups in total. The summed E-state index contributed by atoms with van der Waals surface area (Å²) in [5.74, 6) is 0.978. The lowest BCUT2D eigenvalue weighted by Gasteiger charge is -2.29. The van der Waals surface area contributed by atoms with Crippen molar-refractivity contribution in [2.75, 3.05) is 39.8 Å². The van der Waals surface area contributed by atoms with Crippen LogP contribution in [0.5, 0.6) is 0 Å². The molecule has 1 saturated heterocycles. The number of piperazine rings is 1. The molecule has 112 valence electrons. The monoisotopic (exact) mass is 281 g/mol. The van der Waals surface area contributed by atoms with Gasteiger partial charge in [-0.25, -0.2) is 4.68 Å². The Morgan fingerprint density at radius 3 is 2.85 bits per heavy atom. The predicted molar refractivity (Wildman–Crippen MR) is 73.9 cm³/mol. The van der Waals surface area contributed by atoms with Crippen LogP contribution in [0.3, 0.4) is 0 Å². The van der Waals surface area contributed by atoms with Gasteiger partial charge >= 0.3 is 0 Å². The van der Waals surface area contributed by atoms with Gasteiger partial charge in [0.15, 0.2) is 5.82 Å². The maximum atomic E-state index is 12.1. The Morgan fingerprint density at radius 2 is 2.15 bits per heavy atom. The van der Waals surface area contributed by atoms with Crippen molar-refractivity contribution < 1.29 is 4.79 Å². The molecule has 0 saturated carbocycles. The fourth-order valence-electron chi connectivity index (χ4n) is 2.26. The van der Waals surface area contributed by atoms with Gasteiger partial charge in [0.25, 0.3) is 0 Å². The van der Waals surface area contributed by atoms with Gasteiger partial charge in [-0.3, -0.25) is 9.69 Å². The van der Waals surface area contributed by atoms with E-state index in [1.807, 2.05) is 16.8 Å². The molecule has 0 bridgehead atoms. The number of hydrogen-bond donors (Lipinski definition) is 1. The van der Waals surface area contributed by atoms with Gasteiger partial charge in [0.2, 0.25) is 5.91 Å². The van der Waals surface area contributed by atoms with Gasteiger partial charge in [-0.1, -0.05) is 6.92 Å². The highest BCUT2D eigenvalue weighted by molar-refractivity contribution is 5.78. The number of carbonyl (C=O) groups excluding carboxylic acids is 1. The maximum Gasteiger partial charge on any atom is 0.236 e. The Hall–Kier alpha value is -1.54. The van der Waals surface area contributed by atoms with Crippen molar-refractivity contribution in [3.05, 3.63) is 5.82 Å². The van der Waals surface area contributed by atoms with E-state index in [1.54, 1.807) is 4.68 Å². The predicted octanol–water partition coefficient (Wildman–Crippen LogP) is -1.05.